The van der Waals surface area contributed by atoms with E-state index in [1.165, 1.54) is 18.3 Å². The maximum absolute atomic E-state index is 12.9. The first-order chi connectivity index (χ1) is 14.9. The highest BCUT2D eigenvalue weighted by molar-refractivity contribution is 7.19. The average molecular weight is 433 g/mol. The van der Waals surface area contributed by atoms with Crippen LogP contribution in [0.5, 0.6) is 0 Å². The Bertz CT molecular complexity index is 1340. The summed E-state index contributed by atoms with van der Waals surface area (Å²) >= 11 is 1.40. The van der Waals surface area contributed by atoms with E-state index in [1.54, 1.807) is 24.3 Å². The van der Waals surface area contributed by atoms with Crippen LogP contribution in [0.3, 0.4) is 0 Å². The van der Waals surface area contributed by atoms with Crippen molar-refractivity contribution < 1.29 is 9.59 Å². The van der Waals surface area contributed by atoms with Gasteiger partial charge in [-0.15, -0.1) is 11.3 Å². The number of aryl methyl sites for hydroxylation is 1. The minimum Gasteiger partial charge on any atom is -0.326 e. The SMILES string of the molecule is CC(=O)Nc1cccc(NC(=O)Cn2nc(-c3ccccc3)c3sc(C)nc3c2=O)c1. The first kappa shape index (κ1) is 20.4. The fraction of sp³-hybridized carbons (Fsp3) is 0.136. The zero-order chi connectivity index (χ0) is 22.0. The first-order valence-corrected chi connectivity index (χ1v) is 10.3. The van der Waals surface area contributed by atoms with E-state index >= 15 is 0 Å². The van der Waals surface area contributed by atoms with Crippen LogP contribution < -0.4 is 16.2 Å². The summed E-state index contributed by atoms with van der Waals surface area (Å²) in [4.78, 5) is 41.1. The lowest BCUT2D eigenvalue weighted by molar-refractivity contribution is -0.117. The van der Waals surface area contributed by atoms with Gasteiger partial charge in [-0.2, -0.15) is 5.10 Å². The van der Waals surface area contributed by atoms with Gasteiger partial charge in [-0.05, 0) is 25.1 Å². The smallest absolute Gasteiger partial charge is 0.294 e. The lowest BCUT2D eigenvalue weighted by atomic mass is 10.1. The summed E-state index contributed by atoms with van der Waals surface area (Å²) < 4.78 is 1.84. The van der Waals surface area contributed by atoms with E-state index in [-0.39, 0.29) is 12.5 Å². The largest absolute Gasteiger partial charge is 0.326 e. The molecule has 0 aliphatic carbocycles. The predicted molar refractivity (Wildman–Crippen MR) is 121 cm³/mol. The molecule has 0 unspecified atom stereocenters. The van der Waals surface area contributed by atoms with Crippen molar-refractivity contribution in [2.24, 2.45) is 0 Å². The molecule has 4 aromatic rings. The Balaban J connectivity index is 1.66. The highest BCUT2D eigenvalue weighted by Gasteiger charge is 2.18. The van der Waals surface area contributed by atoms with E-state index in [0.717, 1.165) is 15.3 Å². The van der Waals surface area contributed by atoms with Gasteiger partial charge in [0.1, 0.15) is 12.2 Å². The summed E-state index contributed by atoms with van der Waals surface area (Å²) in [6.45, 7) is 2.97. The molecule has 0 saturated carbocycles. The number of carbonyl (C=O) groups is 2. The number of aromatic nitrogens is 3. The number of nitrogens with zero attached hydrogens (tertiary/aromatic N) is 3. The van der Waals surface area contributed by atoms with Gasteiger partial charge in [-0.1, -0.05) is 36.4 Å². The zero-order valence-corrected chi connectivity index (χ0v) is 17.7. The van der Waals surface area contributed by atoms with Gasteiger partial charge >= 0.3 is 0 Å². The molecule has 8 nitrogen and oxygen atoms in total. The molecule has 0 aliphatic heterocycles. The monoisotopic (exact) mass is 433 g/mol. The third-order valence-corrected chi connectivity index (χ3v) is 5.39. The van der Waals surface area contributed by atoms with Crippen LogP contribution in [0.15, 0.2) is 59.4 Å². The van der Waals surface area contributed by atoms with Crippen molar-refractivity contribution in [2.75, 3.05) is 10.6 Å². The highest BCUT2D eigenvalue weighted by atomic mass is 32.1. The van der Waals surface area contributed by atoms with E-state index < -0.39 is 11.5 Å². The predicted octanol–water partition coefficient (Wildman–Crippen LogP) is 3.43. The maximum atomic E-state index is 12.9. The number of carbonyl (C=O) groups excluding carboxylic acids is 2. The quantitative estimate of drug-likeness (QED) is 0.502. The molecule has 2 N–H and O–H groups in total. The Hall–Kier alpha value is -3.85. The molecule has 2 amide bonds. The number of fused-ring (bicyclic) bond motifs is 1. The van der Waals surface area contributed by atoms with Crippen molar-refractivity contribution in [1.29, 1.82) is 0 Å². The highest BCUT2D eigenvalue weighted by Crippen LogP contribution is 2.29. The van der Waals surface area contributed by atoms with Crippen LogP contribution in [-0.2, 0) is 16.1 Å². The lowest BCUT2D eigenvalue weighted by Crippen LogP contribution is -2.30. The second-order valence-corrected chi connectivity index (χ2v) is 8.10. The van der Waals surface area contributed by atoms with Crippen molar-refractivity contribution in [2.45, 2.75) is 20.4 Å². The molecule has 0 radical (unpaired) electrons. The van der Waals surface area contributed by atoms with Crippen LogP contribution in [0.2, 0.25) is 0 Å². The maximum Gasteiger partial charge on any atom is 0.294 e. The fourth-order valence-corrected chi connectivity index (χ4v) is 4.09. The molecule has 0 fully saturated rings. The van der Waals surface area contributed by atoms with Crippen molar-refractivity contribution in [3.8, 4) is 11.3 Å². The fourth-order valence-electron chi connectivity index (χ4n) is 3.17. The van der Waals surface area contributed by atoms with Crippen LogP contribution in [0.4, 0.5) is 11.4 Å². The molecule has 31 heavy (non-hydrogen) atoms. The molecule has 2 aromatic heterocycles. The van der Waals surface area contributed by atoms with Crippen LogP contribution in [-0.4, -0.2) is 26.6 Å². The Kier molecular flexibility index (Phi) is 5.59. The molecular formula is C22H19N5O3S. The summed E-state index contributed by atoms with van der Waals surface area (Å²) in [6.07, 6.45) is 0. The Morgan fingerprint density at radius 1 is 1.03 bits per heavy atom. The van der Waals surface area contributed by atoms with Gasteiger partial charge in [0.25, 0.3) is 5.56 Å². The number of thiazole rings is 1. The number of amides is 2. The van der Waals surface area contributed by atoms with Crippen LogP contribution >= 0.6 is 11.3 Å². The third-order valence-electron chi connectivity index (χ3n) is 4.41. The topological polar surface area (TPSA) is 106 Å². The van der Waals surface area contributed by atoms with E-state index in [9.17, 15) is 14.4 Å². The zero-order valence-electron chi connectivity index (χ0n) is 16.9. The Labute approximate surface area is 181 Å². The van der Waals surface area contributed by atoms with Gasteiger partial charge in [-0.25, -0.2) is 9.67 Å². The molecule has 0 spiro atoms. The van der Waals surface area contributed by atoms with Crippen molar-refractivity contribution in [3.05, 3.63) is 70.0 Å². The number of nitrogens with one attached hydrogen (secondary N) is 2. The van der Waals surface area contributed by atoms with Crippen LogP contribution in [0.25, 0.3) is 21.5 Å². The molecular weight excluding hydrogens is 414 g/mol. The summed E-state index contributed by atoms with van der Waals surface area (Å²) in [6, 6.07) is 16.2. The molecule has 2 heterocycles. The molecule has 0 saturated heterocycles. The Morgan fingerprint density at radius 2 is 1.74 bits per heavy atom. The van der Waals surface area contributed by atoms with Gasteiger partial charge in [0.15, 0.2) is 5.52 Å². The molecule has 2 aromatic carbocycles. The minimum atomic E-state index is -0.417. The number of rotatable bonds is 5. The lowest BCUT2D eigenvalue weighted by Gasteiger charge is -2.10. The molecule has 4 rings (SSSR count). The average Bonchev–Trinajstić information content (AvgIpc) is 3.12. The van der Waals surface area contributed by atoms with Gasteiger partial charge < -0.3 is 10.6 Å². The van der Waals surface area contributed by atoms with Gasteiger partial charge in [-0.3, -0.25) is 14.4 Å². The molecule has 0 aliphatic rings. The second-order valence-electron chi connectivity index (χ2n) is 6.90. The van der Waals surface area contributed by atoms with Crippen LogP contribution in [0.1, 0.15) is 11.9 Å². The van der Waals surface area contributed by atoms with Crippen molar-refractivity contribution in [1.82, 2.24) is 14.8 Å². The third kappa shape index (κ3) is 4.51. The summed E-state index contributed by atoms with van der Waals surface area (Å²) in [5.74, 6) is -0.626. The first-order valence-electron chi connectivity index (χ1n) is 9.52. The number of benzene rings is 2. The molecule has 0 atom stereocenters. The van der Waals surface area contributed by atoms with E-state index in [2.05, 4.69) is 20.7 Å². The second kappa shape index (κ2) is 8.49. The molecule has 156 valence electrons. The minimum absolute atomic E-state index is 0.209. The standard InChI is InChI=1S/C22H19N5O3S/c1-13(28)23-16-9-6-10-17(11-16)25-18(29)12-27-22(30)20-21(31-14(2)24-20)19(26-27)15-7-4-3-5-8-15/h3-11H,12H2,1-2H3,(H,23,28)(H,25,29). The summed E-state index contributed by atoms with van der Waals surface area (Å²) in [7, 11) is 0. The summed E-state index contributed by atoms with van der Waals surface area (Å²) in [5, 5.41) is 10.6. The summed E-state index contributed by atoms with van der Waals surface area (Å²) in [5.41, 5.74) is 2.40. The number of hydrogen-bond acceptors (Lipinski definition) is 6. The van der Waals surface area contributed by atoms with E-state index in [1.807, 2.05) is 37.3 Å². The van der Waals surface area contributed by atoms with Crippen molar-refractivity contribution in [3.63, 3.8) is 0 Å². The van der Waals surface area contributed by atoms with Gasteiger partial charge in [0.05, 0.1) is 9.71 Å². The number of anilines is 2. The normalized spacial score (nSPS) is 10.8. The van der Waals surface area contributed by atoms with E-state index in [4.69, 9.17) is 0 Å². The Morgan fingerprint density at radius 3 is 2.45 bits per heavy atom. The van der Waals surface area contributed by atoms with Crippen LogP contribution in [0, 0.1) is 6.92 Å². The molecule has 0 bridgehead atoms. The number of hydrogen-bond donors (Lipinski definition) is 2. The van der Waals surface area contributed by atoms with Crippen molar-refractivity contribution >= 4 is 44.7 Å². The van der Waals surface area contributed by atoms with Gasteiger partial charge in [0.2, 0.25) is 11.8 Å². The van der Waals surface area contributed by atoms with Gasteiger partial charge in [0, 0.05) is 23.9 Å². The van der Waals surface area contributed by atoms with E-state index in [0.29, 0.717) is 27.3 Å². The molecule has 9 heteroatoms.